The summed E-state index contributed by atoms with van der Waals surface area (Å²) in [5.74, 6) is -0.592. The predicted molar refractivity (Wildman–Crippen MR) is 85.2 cm³/mol. The van der Waals surface area contributed by atoms with Gasteiger partial charge in [0.05, 0.1) is 18.6 Å². The Balaban J connectivity index is 2.93. The van der Waals surface area contributed by atoms with E-state index in [9.17, 15) is 14.9 Å². The van der Waals surface area contributed by atoms with Crippen LogP contribution in [0.25, 0.3) is 0 Å². The van der Waals surface area contributed by atoms with Gasteiger partial charge in [-0.3, -0.25) is 14.9 Å². The third-order valence-electron chi connectivity index (χ3n) is 3.38. The largest absolute Gasteiger partial charge is 0.493 e. The average molecular weight is 325 g/mol. The van der Waals surface area contributed by atoms with Gasteiger partial charge in [-0.2, -0.15) is 0 Å². The number of methoxy groups -OCH3 is 1. The Hall–Kier alpha value is -2.31. The minimum atomic E-state index is -0.956. The molecule has 0 fully saturated rings. The highest BCUT2D eigenvalue weighted by Crippen LogP contribution is 2.38. The smallest absolute Gasteiger partial charge is 0.315 e. The average Bonchev–Trinajstić information content (AvgIpc) is 2.52. The van der Waals surface area contributed by atoms with Crippen LogP contribution in [0.1, 0.15) is 44.6 Å². The number of unbranched alkanes of at least 4 members (excludes halogenated alkanes) is 3. The molecule has 1 N–H and O–H groups in total. The van der Waals surface area contributed by atoms with Gasteiger partial charge < -0.3 is 14.6 Å². The Bertz CT molecular complexity index is 544. The number of rotatable bonds is 11. The van der Waals surface area contributed by atoms with E-state index in [2.05, 4.69) is 6.92 Å². The van der Waals surface area contributed by atoms with E-state index in [0.29, 0.717) is 12.2 Å². The second-order valence-electron chi connectivity index (χ2n) is 5.21. The monoisotopic (exact) mass is 325 g/mol. The fraction of sp³-hybridized carbons (Fsp3) is 0.562. The molecule has 0 aliphatic carbocycles. The quantitative estimate of drug-likeness (QED) is 0.379. The normalized spacial score (nSPS) is 10.3. The summed E-state index contributed by atoms with van der Waals surface area (Å²) >= 11 is 0. The predicted octanol–water partition coefficient (Wildman–Crippen LogP) is 3.58. The molecule has 0 spiro atoms. The van der Waals surface area contributed by atoms with E-state index in [4.69, 9.17) is 14.6 Å². The van der Waals surface area contributed by atoms with Gasteiger partial charge in [0.2, 0.25) is 5.75 Å². The number of aliphatic carboxylic acids is 1. The number of hydrogen-bond donors (Lipinski definition) is 1. The molecule has 0 saturated carbocycles. The Labute approximate surface area is 135 Å². The number of benzene rings is 1. The first-order valence-corrected chi connectivity index (χ1v) is 7.69. The molecule has 0 aliphatic rings. The van der Waals surface area contributed by atoms with Crippen LogP contribution in [0.5, 0.6) is 11.5 Å². The molecule has 7 nitrogen and oxygen atoms in total. The summed E-state index contributed by atoms with van der Waals surface area (Å²) in [5.41, 5.74) is 0.342. The molecule has 0 bridgehead atoms. The summed E-state index contributed by atoms with van der Waals surface area (Å²) in [7, 11) is 1.41. The van der Waals surface area contributed by atoms with Gasteiger partial charge in [-0.05, 0) is 24.5 Å². The van der Waals surface area contributed by atoms with Crippen molar-refractivity contribution in [1.29, 1.82) is 0 Å². The molecule has 23 heavy (non-hydrogen) atoms. The molecule has 0 amide bonds. The minimum absolute atomic E-state index is 0.0997. The van der Waals surface area contributed by atoms with Crippen molar-refractivity contribution < 1.29 is 24.3 Å². The third-order valence-corrected chi connectivity index (χ3v) is 3.38. The van der Waals surface area contributed by atoms with Gasteiger partial charge in [0.1, 0.15) is 0 Å². The maximum atomic E-state index is 11.3. The molecule has 1 aromatic carbocycles. The van der Waals surface area contributed by atoms with Gasteiger partial charge in [-0.15, -0.1) is 0 Å². The van der Waals surface area contributed by atoms with Crippen LogP contribution in [0.4, 0.5) is 5.69 Å². The molecule has 7 heteroatoms. The zero-order valence-electron chi connectivity index (χ0n) is 13.5. The van der Waals surface area contributed by atoms with Crippen molar-refractivity contribution in [2.75, 3.05) is 13.7 Å². The van der Waals surface area contributed by atoms with Crippen molar-refractivity contribution in [3.05, 3.63) is 27.8 Å². The lowest BCUT2D eigenvalue weighted by molar-refractivity contribution is -0.386. The van der Waals surface area contributed by atoms with E-state index in [1.165, 1.54) is 13.2 Å². The maximum absolute atomic E-state index is 11.3. The first-order valence-electron chi connectivity index (χ1n) is 7.69. The van der Waals surface area contributed by atoms with E-state index in [-0.39, 0.29) is 30.0 Å². The molecule has 1 rings (SSSR count). The maximum Gasteiger partial charge on any atom is 0.315 e. The summed E-state index contributed by atoms with van der Waals surface area (Å²) in [4.78, 5) is 21.4. The zero-order chi connectivity index (χ0) is 17.2. The fourth-order valence-electron chi connectivity index (χ4n) is 2.17. The number of aryl methyl sites for hydroxylation is 1. The number of carboxylic acid groups (broad SMARTS) is 1. The van der Waals surface area contributed by atoms with E-state index < -0.39 is 10.9 Å². The Kier molecular flexibility index (Phi) is 7.87. The van der Waals surface area contributed by atoms with Crippen LogP contribution in [0, 0.1) is 10.1 Å². The topological polar surface area (TPSA) is 98.9 Å². The molecule has 0 aliphatic heterocycles. The van der Waals surface area contributed by atoms with Crippen LogP contribution in [0.15, 0.2) is 12.1 Å². The van der Waals surface area contributed by atoms with Crippen molar-refractivity contribution >= 4 is 11.7 Å². The summed E-state index contributed by atoms with van der Waals surface area (Å²) < 4.78 is 10.7. The van der Waals surface area contributed by atoms with E-state index in [1.807, 2.05) is 0 Å². The zero-order valence-corrected chi connectivity index (χ0v) is 13.5. The van der Waals surface area contributed by atoms with Crippen LogP contribution in [-0.2, 0) is 11.2 Å². The van der Waals surface area contributed by atoms with Crippen molar-refractivity contribution in [3.8, 4) is 11.5 Å². The van der Waals surface area contributed by atoms with Crippen LogP contribution in [0.2, 0.25) is 0 Å². The Morgan fingerprint density at radius 2 is 2.04 bits per heavy atom. The number of carboxylic acids is 1. The lowest BCUT2D eigenvalue weighted by Crippen LogP contribution is -2.05. The summed E-state index contributed by atoms with van der Waals surface area (Å²) in [6, 6.07) is 2.95. The fourth-order valence-corrected chi connectivity index (χ4v) is 2.17. The number of nitro benzene ring substituents is 1. The molecule has 0 radical (unpaired) electrons. The highest BCUT2D eigenvalue weighted by Gasteiger charge is 2.22. The molecule has 0 heterocycles. The van der Waals surface area contributed by atoms with Gasteiger partial charge in [0.25, 0.3) is 0 Å². The van der Waals surface area contributed by atoms with Gasteiger partial charge in [-0.25, -0.2) is 0 Å². The lowest BCUT2D eigenvalue weighted by Gasteiger charge is -2.12. The molecule has 0 aromatic heterocycles. The van der Waals surface area contributed by atoms with Gasteiger partial charge >= 0.3 is 11.7 Å². The van der Waals surface area contributed by atoms with Crippen LogP contribution in [0.3, 0.4) is 0 Å². The first kappa shape index (κ1) is 18.7. The van der Waals surface area contributed by atoms with E-state index in [0.717, 1.165) is 25.7 Å². The number of nitrogens with zero attached hydrogens (tertiary/aromatic N) is 1. The molecule has 0 unspecified atom stereocenters. The molecular formula is C16H23NO6. The molecule has 0 atom stereocenters. The Morgan fingerprint density at radius 1 is 1.30 bits per heavy atom. The van der Waals surface area contributed by atoms with Crippen molar-refractivity contribution in [3.63, 3.8) is 0 Å². The number of hydrogen-bond acceptors (Lipinski definition) is 5. The van der Waals surface area contributed by atoms with Gasteiger partial charge in [-0.1, -0.05) is 26.2 Å². The van der Waals surface area contributed by atoms with Gasteiger partial charge in [0, 0.05) is 12.5 Å². The van der Waals surface area contributed by atoms with Crippen molar-refractivity contribution in [2.24, 2.45) is 0 Å². The standard InChI is InChI=1S/C16H23NO6/c1-3-4-5-6-9-23-16-13(17(20)21)10-12(7-8-15(18)19)11-14(16)22-2/h10-11H,3-9H2,1-2H3,(H,18,19). The Morgan fingerprint density at radius 3 is 2.61 bits per heavy atom. The second kappa shape index (κ2) is 9.66. The van der Waals surface area contributed by atoms with Crippen molar-refractivity contribution in [2.45, 2.75) is 45.4 Å². The molecule has 1 aromatic rings. The highest BCUT2D eigenvalue weighted by molar-refractivity contribution is 5.67. The van der Waals surface area contributed by atoms with Crippen molar-refractivity contribution in [1.82, 2.24) is 0 Å². The SMILES string of the molecule is CCCCCCOc1c(OC)cc(CCC(=O)O)cc1[N+](=O)[O-]. The summed E-state index contributed by atoms with van der Waals surface area (Å²) in [6.45, 7) is 2.48. The van der Waals surface area contributed by atoms with Crippen LogP contribution >= 0.6 is 0 Å². The summed E-state index contributed by atoms with van der Waals surface area (Å²) in [6.07, 6.45) is 4.11. The minimum Gasteiger partial charge on any atom is -0.493 e. The van der Waals surface area contributed by atoms with Crippen LogP contribution in [-0.4, -0.2) is 29.7 Å². The summed E-state index contributed by atoms with van der Waals surface area (Å²) in [5, 5.41) is 20.0. The highest BCUT2D eigenvalue weighted by atomic mass is 16.6. The number of nitro groups is 1. The second-order valence-corrected chi connectivity index (χ2v) is 5.21. The number of carbonyl (C=O) groups is 1. The number of ether oxygens (including phenoxy) is 2. The molecule has 0 saturated heterocycles. The van der Waals surface area contributed by atoms with Crippen LogP contribution < -0.4 is 9.47 Å². The van der Waals surface area contributed by atoms with E-state index in [1.54, 1.807) is 6.07 Å². The molecular weight excluding hydrogens is 302 g/mol. The first-order chi connectivity index (χ1) is 11.0. The van der Waals surface area contributed by atoms with Gasteiger partial charge in [0.15, 0.2) is 5.75 Å². The molecule has 128 valence electrons. The third kappa shape index (κ3) is 6.14. The lowest BCUT2D eigenvalue weighted by atomic mass is 10.1. The van der Waals surface area contributed by atoms with E-state index >= 15 is 0 Å².